The lowest BCUT2D eigenvalue weighted by Crippen LogP contribution is -2.52. The lowest BCUT2D eigenvalue weighted by molar-refractivity contribution is -0.146. The average Bonchev–Trinajstić information content (AvgIpc) is 2.67. The third-order valence-electron chi connectivity index (χ3n) is 5.06. The quantitative estimate of drug-likeness (QED) is 0.491. The minimum absolute atomic E-state index is 0.149. The van der Waals surface area contributed by atoms with E-state index < -0.39 is 5.60 Å². The molecule has 2 spiro atoms. The number of carbonyl (C=O) groups is 1. The molecule has 2 unspecified atom stereocenters. The fraction of sp³-hybridized carbons (Fsp3) is 0.917. The minimum atomic E-state index is -0.635. The maximum absolute atomic E-state index is 11.7. The molecule has 0 N–H and O–H groups in total. The van der Waals surface area contributed by atoms with Gasteiger partial charge in [-0.05, 0) is 32.6 Å². The molecule has 0 amide bonds. The topological polar surface area (TPSA) is 38.8 Å². The Kier molecular flexibility index (Phi) is 1.65. The van der Waals surface area contributed by atoms with E-state index in [2.05, 4.69) is 0 Å². The van der Waals surface area contributed by atoms with Crippen LogP contribution in [-0.4, -0.2) is 24.3 Å². The van der Waals surface area contributed by atoms with Crippen molar-refractivity contribution in [2.75, 3.05) is 7.11 Å². The second-order valence-corrected chi connectivity index (χ2v) is 5.44. The smallest absolute Gasteiger partial charge is 0.340 e. The molecule has 2 atom stereocenters. The van der Waals surface area contributed by atoms with Crippen LogP contribution in [0.1, 0.15) is 45.4 Å². The van der Waals surface area contributed by atoms with E-state index in [-0.39, 0.29) is 11.6 Å². The van der Waals surface area contributed by atoms with Gasteiger partial charge in [0.15, 0.2) is 5.60 Å². The van der Waals surface area contributed by atoms with Crippen molar-refractivity contribution >= 4 is 5.97 Å². The Bertz CT molecular complexity index is 319. The SMILES string of the molecule is COC(=O)C1(C)OC12CCC21CCCC1. The van der Waals surface area contributed by atoms with Gasteiger partial charge in [0.2, 0.25) is 0 Å². The van der Waals surface area contributed by atoms with Crippen LogP contribution in [0.15, 0.2) is 0 Å². The van der Waals surface area contributed by atoms with Crippen molar-refractivity contribution in [3.63, 3.8) is 0 Å². The number of hydrogen-bond donors (Lipinski definition) is 0. The predicted octanol–water partition coefficient (Wildman–Crippen LogP) is 2.04. The monoisotopic (exact) mass is 210 g/mol. The summed E-state index contributed by atoms with van der Waals surface area (Å²) in [6, 6.07) is 0. The first-order valence-electron chi connectivity index (χ1n) is 5.89. The molecule has 0 bridgehead atoms. The van der Waals surface area contributed by atoms with Crippen LogP contribution >= 0.6 is 0 Å². The summed E-state index contributed by atoms with van der Waals surface area (Å²) in [4.78, 5) is 11.7. The highest BCUT2D eigenvalue weighted by atomic mass is 16.7. The number of methoxy groups -OCH3 is 1. The van der Waals surface area contributed by atoms with Crippen LogP contribution < -0.4 is 0 Å². The van der Waals surface area contributed by atoms with Gasteiger partial charge in [0.05, 0.1) is 7.11 Å². The molecule has 0 aromatic carbocycles. The molecule has 2 saturated carbocycles. The zero-order chi connectivity index (χ0) is 10.7. The van der Waals surface area contributed by atoms with Gasteiger partial charge in [-0.25, -0.2) is 4.79 Å². The van der Waals surface area contributed by atoms with Gasteiger partial charge in [-0.15, -0.1) is 0 Å². The molecule has 3 aliphatic rings. The van der Waals surface area contributed by atoms with E-state index in [1.807, 2.05) is 6.92 Å². The zero-order valence-electron chi connectivity index (χ0n) is 9.47. The summed E-state index contributed by atoms with van der Waals surface area (Å²) in [6.07, 6.45) is 7.34. The summed E-state index contributed by atoms with van der Waals surface area (Å²) < 4.78 is 10.7. The predicted molar refractivity (Wildman–Crippen MR) is 54.4 cm³/mol. The van der Waals surface area contributed by atoms with Crippen molar-refractivity contribution in [1.82, 2.24) is 0 Å². The summed E-state index contributed by atoms with van der Waals surface area (Å²) in [5.41, 5.74) is -0.468. The lowest BCUT2D eigenvalue weighted by Gasteiger charge is -2.47. The number of hydrogen-bond acceptors (Lipinski definition) is 3. The van der Waals surface area contributed by atoms with Crippen molar-refractivity contribution in [2.24, 2.45) is 5.41 Å². The molecule has 2 aliphatic carbocycles. The molecule has 3 fully saturated rings. The maximum Gasteiger partial charge on any atom is 0.340 e. The summed E-state index contributed by atoms with van der Waals surface area (Å²) in [6.45, 7) is 1.90. The maximum atomic E-state index is 11.7. The highest BCUT2D eigenvalue weighted by Crippen LogP contribution is 2.74. The number of ether oxygens (including phenoxy) is 2. The van der Waals surface area contributed by atoms with Gasteiger partial charge in [0, 0.05) is 5.41 Å². The van der Waals surface area contributed by atoms with Gasteiger partial charge in [0.25, 0.3) is 0 Å². The first-order chi connectivity index (χ1) is 7.10. The summed E-state index contributed by atoms with van der Waals surface area (Å²) in [7, 11) is 1.45. The Labute approximate surface area is 90.1 Å². The van der Waals surface area contributed by atoms with Crippen LogP contribution in [0.2, 0.25) is 0 Å². The van der Waals surface area contributed by atoms with Gasteiger partial charge in [-0.3, -0.25) is 0 Å². The standard InChI is InChI=1S/C12H18O3/c1-10(9(13)14-2)12(15-10)8-7-11(12)5-3-4-6-11/h3-8H2,1-2H3. The number of carbonyl (C=O) groups excluding carboxylic acids is 1. The van der Waals surface area contributed by atoms with E-state index >= 15 is 0 Å². The largest absolute Gasteiger partial charge is 0.467 e. The average molecular weight is 210 g/mol. The fourth-order valence-electron chi connectivity index (χ4n) is 4.04. The second kappa shape index (κ2) is 2.57. The molecule has 3 nitrogen and oxygen atoms in total. The summed E-state index contributed by atoms with van der Waals surface area (Å²) in [5.74, 6) is -0.187. The van der Waals surface area contributed by atoms with Crippen LogP contribution in [0.25, 0.3) is 0 Å². The minimum Gasteiger partial charge on any atom is -0.467 e. The normalized spacial score (nSPS) is 45.5. The Balaban J connectivity index is 1.87. The van der Waals surface area contributed by atoms with E-state index in [1.165, 1.54) is 39.2 Å². The fourth-order valence-corrected chi connectivity index (χ4v) is 4.04. The Morgan fingerprint density at radius 3 is 2.33 bits per heavy atom. The van der Waals surface area contributed by atoms with Crippen molar-refractivity contribution < 1.29 is 14.3 Å². The van der Waals surface area contributed by atoms with Crippen molar-refractivity contribution in [1.29, 1.82) is 0 Å². The second-order valence-electron chi connectivity index (χ2n) is 5.44. The van der Waals surface area contributed by atoms with Gasteiger partial charge < -0.3 is 9.47 Å². The number of esters is 1. The molecule has 15 heavy (non-hydrogen) atoms. The zero-order valence-corrected chi connectivity index (χ0v) is 9.47. The molecular weight excluding hydrogens is 192 g/mol. The molecule has 84 valence electrons. The van der Waals surface area contributed by atoms with Gasteiger partial charge >= 0.3 is 5.97 Å². The highest BCUT2D eigenvalue weighted by Gasteiger charge is 2.84. The van der Waals surface area contributed by atoms with Crippen molar-refractivity contribution in [3.8, 4) is 0 Å². The van der Waals surface area contributed by atoms with Crippen molar-refractivity contribution in [3.05, 3.63) is 0 Å². The van der Waals surface area contributed by atoms with E-state index in [0.717, 1.165) is 6.42 Å². The van der Waals surface area contributed by atoms with Crippen LogP contribution in [0.3, 0.4) is 0 Å². The molecule has 0 aromatic rings. The van der Waals surface area contributed by atoms with E-state index in [4.69, 9.17) is 9.47 Å². The van der Waals surface area contributed by atoms with Crippen molar-refractivity contribution in [2.45, 2.75) is 56.7 Å². The summed E-state index contributed by atoms with van der Waals surface area (Å²) >= 11 is 0. The number of rotatable bonds is 1. The number of fused-ring (bicyclic) bond motifs is 1. The van der Waals surface area contributed by atoms with Gasteiger partial charge in [0.1, 0.15) is 5.60 Å². The van der Waals surface area contributed by atoms with Crippen LogP contribution in [0.5, 0.6) is 0 Å². The van der Waals surface area contributed by atoms with Gasteiger partial charge in [-0.1, -0.05) is 12.8 Å². The third kappa shape index (κ3) is 0.850. The Morgan fingerprint density at radius 1 is 1.20 bits per heavy atom. The molecule has 1 aliphatic heterocycles. The van der Waals surface area contributed by atoms with Crippen LogP contribution in [0, 0.1) is 5.41 Å². The molecular formula is C12H18O3. The molecule has 3 rings (SSSR count). The Hall–Kier alpha value is -0.570. The first-order valence-corrected chi connectivity index (χ1v) is 5.89. The summed E-state index contributed by atoms with van der Waals surface area (Å²) in [5, 5.41) is 0. The first kappa shape index (κ1) is 9.64. The Morgan fingerprint density at radius 2 is 1.87 bits per heavy atom. The molecule has 0 aromatic heterocycles. The molecule has 1 heterocycles. The number of epoxide rings is 1. The van der Waals surface area contributed by atoms with E-state index in [9.17, 15) is 4.79 Å². The molecule has 1 saturated heterocycles. The lowest BCUT2D eigenvalue weighted by atomic mass is 9.54. The van der Waals surface area contributed by atoms with E-state index in [1.54, 1.807) is 0 Å². The molecule has 3 heteroatoms. The van der Waals surface area contributed by atoms with Crippen LogP contribution in [-0.2, 0) is 14.3 Å². The molecule has 0 radical (unpaired) electrons. The van der Waals surface area contributed by atoms with Crippen LogP contribution in [0.4, 0.5) is 0 Å². The van der Waals surface area contributed by atoms with E-state index in [0.29, 0.717) is 5.41 Å². The third-order valence-corrected chi connectivity index (χ3v) is 5.06. The highest BCUT2D eigenvalue weighted by molar-refractivity contribution is 5.85. The van der Waals surface area contributed by atoms with Gasteiger partial charge in [-0.2, -0.15) is 0 Å².